The molecular formula is C56H39N. The Morgan fingerprint density at radius 1 is 0.211 bits per heavy atom. The van der Waals surface area contributed by atoms with Gasteiger partial charge in [0.05, 0.1) is 5.69 Å². The van der Waals surface area contributed by atoms with Gasteiger partial charge in [-0.3, -0.25) is 0 Å². The SMILES string of the molecule is c1ccc(-c2ccccc2-c2ccccc2-c2ccccc2N(c2ccc(-c3cccc4ccccc34)cc2)c2ccc(-c3cccc4ccccc34)cc2)cc1. The van der Waals surface area contributed by atoms with Crippen molar-refractivity contribution in [3.05, 3.63) is 237 Å². The van der Waals surface area contributed by atoms with E-state index in [9.17, 15) is 0 Å². The average Bonchev–Trinajstić information content (AvgIpc) is 3.30. The van der Waals surface area contributed by atoms with Crippen LogP contribution in [0.3, 0.4) is 0 Å². The first kappa shape index (κ1) is 34.0. The second-order valence-electron chi connectivity index (χ2n) is 14.5. The molecule has 0 spiro atoms. The van der Waals surface area contributed by atoms with Crippen LogP contribution in [0, 0.1) is 0 Å². The zero-order valence-electron chi connectivity index (χ0n) is 31.5. The summed E-state index contributed by atoms with van der Waals surface area (Å²) in [4.78, 5) is 2.41. The van der Waals surface area contributed by atoms with E-state index < -0.39 is 0 Å². The second-order valence-corrected chi connectivity index (χ2v) is 14.5. The highest BCUT2D eigenvalue weighted by Gasteiger charge is 2.20. The van der Waals surface area contributed by atoms with E-state index in [4.69, 9.17) is 0 Å². The van der Waals surface area contributed by atoms with Gasteiger partial charge in [-0.2, -0.15) is 0 Å². The molecule has 0 amide bonds. The van der Waals surface area contributed by atoms with Crippen molar-refractivity contribution >= 4 is 38.6 Å². The Kier molecular flexibility index (Phi) is 8.95. The van der Waals surface area contributed by atoms with E-state index in [0.29, 0.717) is 0 Å². The van der Waals surface area contributed by atoms with E-state index in [1.54, 1.807) is 0 Å². The first-order valence-electron chi connectivity index (χ1n) is 19.6. The van der Waals surface area contributed by atoms with Crippen LogP contribution in [0.25, 0.3) is 77.2 Å². The summed E-state index contributed by atoms with van der Waals surface area (Å²) in [6, 6.07) is 85.6. The lowest BCUT2D eigenvalue weighted by molar-refractivity contribution is 1.28. The van der Waals surface area contributed by atoms with Crippen molar-refractivity contribution in [2.24, 2.45) is 0 Å². The molecule has 0 radical (unpaired) electrons. The molecule has 0 fully saturated rings. The van der Waals surface area contributed by atoms with Gasteiger partial charge in [0.25, 0.3) is 0 Å². The molecule has 0 saturated carbocycles. The first-order chi connectivity index (χ1) is 28.3. The molecule has 0 N–H and O–H groups in total. The maximum absolute atomic E-state index is 2.41. The number of fused-ring (bicyclic) bond motifs is 2. The van der Waals surface area contributed by atoms with Crippen LogP contribution in [0.2, 0.25) is 0 Å². The van der Waals surface area contributed by atoms with Gasteiger partial charge in [-0.15, -0.1) is 0 Å². The highest BCUT2D eigenvalue weighted by molar-refractivity contribution is 6.00. The molecule has 10 aromatic carbocycles. The molecule has 0 aliphatic rings. The molecule has 57 heavy (non-hydrogen) atoms. The molecule has 0 saturated heterocycles. The summed E-state index contributed by atoms with van der Waals surface area (Å²) in [5.41, 5.74) is 15.3. The molecular weight excluding hydrogens is 687 g/mol. The number of benzene rings is 10. The zero-order valence-corrected chi connectivity index (χ0v) is 31.5. The summed E-state index contributed by atoms with van der Waals surface area (Å²) < 4.78 is 0. The second kappa shape index (κ2) is 15.0. The molecule has 268 valence electrons. The van der Waals surface area contributed by atoms with Crippen LogP contribution in [-0.2, 0) is 0 Å². The maximum Gasteiger partial charge on any atom is 0.0540 e. The fraction of sp³-hybridized carbons (Fsp3) is 0. The maximum atomic E-state index is 2.41. The topological polar surface area (TPSA) is 3.24 Å². The number of para-hydroxylation sites is 1. The molecule has 0 unspecified atom stereocenters. The third-order valence-corrected chi connectivity index (χ3v) is 11.1. The molecule has 0 aliphatic heterocycles. The van der Waals surface area contributed by atoms with Crippen LogP contribution in [0.1, 0.15) is 0 Å². The van der Waals surface area contributed by atoms with E-state index in [-0.39, 0.29) is 0 Å². The largest absolute Gasteiger partial charge is 0.310 e. The zero-order chi connectivity index (χ0) is 38.0. The normalized spacial score (nSPS) is 11.2. The Morgan fingerprint density at radius 3 is 1.11 bits per heavy atom. The van der Waals surface area contributed by atoms with Crippen molar-refractivity contribution < 1.29 is 0 Å². The Labute approximate surface area is 334 Å². The van der Waals surface area contributed by atoms with Gasteiger partial charge in [-0.25, -0.2) is 0 Å². The van der Waals surface area contributed by atoms with Gasteiger partial charge in [0, 0.05) is 16.9 Å². The molecule has 10 rings (SSSR count). The molecule has 1 nitrogen and oxygen atoms in total. The lowest BCUT2D eigenvalue weighted by Gasteiger charge is -2.29. The monoisotopic (exact) mass is 725 g/mol. The van der Waals surface area contributed by atoms with Gasteiger partial charge >= 0.3 is 0 Å². The van der Waals surface area contributed by atoms with Crippen molar-refractivity contribution in [2.75, 3.05) is 4.90 Å². The van der Waals surface area contributed by atoms with Crippen molar-refractivity contribution in [1.29, 1.82) is 0 Å². The predicted molar refractivity (Wildman–Crippen MR) is 243 cm³/mol. The minimum atomic E-state index is 1.09. The fourth-order valence-electron chi connectivity index (χ4n) is 8.40. The Morgan fingerprint density at radius 2 is 0.561 bits per heavy atom. The molecule has 0 bridgehead atoms. The van der Waals surface area contributed by atoms with Gasteiger partial charge in [0.15, 0.2) is 0 Å². The first-order valence-corrected chi connectivity index (χ1v) is 19.6. The quantitative estimate of drug-likeness (QED) is 0.151. The Hall–Kier alpha value is -7.48. The van der Waals surface area contributed by atoms with E-state index in [2.05, 4.69) is 241 Å². The van der Waals surface area contributed by atoms with Gasteiger partial charge in [-0.1, -0.05) is 206 Å². The average molecular weight is 726 g/mol. The molecule has 1 heteroatoms. The molecule has 0 aromatic heterocycles. The van der Waals surface area contributed by atoms with Crippen LogP contribution in [0.5, 0.6) is 0 Å². The summed E-state index contributed by atoms with van der Waals surface area (Å²) >= 11 is 0. The third-order valence-electron chi connectivity index (χ3n) is 11.1. The van der Waals surface area contributed by atoms with Crippen LogP contribution >= 0.6 is 0 Å². The highest BCUT2D eigenvalue weighted by Crippen LogP contribution is 2.46. The minimum Gasteiger partial charge on any atom is -0.310 e. The van der Waals surface area contributed by atoms with Gasteiger partial charge < -0.3 is 4.90 Å². The number of hydrogen-bond acceptors (Lipinski definition) is 1. The summed E-state index contributed by atoms with van der Waals surface area (Å²) in [6.07, 6.45) is 0. The van der Waals surface area contributed by atoms with E-state index in [1.807, 2.05) is 0 Å². The Balaban J connectivity index is 1.13. The highest BCUT2D eigenvalue weighted by atomic mass is 15.1. The van der Waals surface area contributed by atoms with E-state index >= 15 is 0 Å². The molecule has 0 aliphatic carbocycles. The standard InChI is InChI=1S/C56H39N/c1-2-16-40(17-3-1)51-24-8-9-25-52(51)53-26-10-11-27-54(53)55-28-12-13-31-56(55)57(45-36-32-43(33-37-45)49-29-14-20-41-18-4-6-22-47(41)49)46-38-34-44(35-39-46)50-30-15-21-42-19-5-7-23-48(42)50/h1-39H. The van der Waals surface area contributed by atoms with Crippen LogP contribution in [-0.4, -0.2) is 0 Å². The lowest BCUT2D eigenvalue weighted by Crippen LogP contribution is -2.11. The number of rotatable bonds is 8. The van der Waals surface area contributed by atoms with Gasteiger partial charge in [0.2, 0.25) is 0 Å². The summed E-state index contributed by atoms with van der Waals surface area (Å²) in [5, 5.41) is 5.00. The summed E-state index contributed by atoms with van der Waals surface area (Å²) in [5.74, 6) is 0. The van der Waals surface area contributed by atoms with Crippen molar-refractivity contribution in [1.82, 2.24) is 0 Å². The molecule has 0 atom stereocenters. The molecule has 10 aromatic rings. The number of hydrogen-bond donors (Lipinski definition) is 0. The van der Waals surface area contributed by atoms with E-state index in [0.717, 1.165) is 22.6 Å². The molecule has 0 heterocycles. The van der Waals surface area contributed by atoms with Gasteiger partial charge in [-0.05, 0) is 102 Å². The van der Waals surface area contributed by atoms with Gasteiger partial charge in [0.1, 0.15) is 0 Å². The Bertz CT molecular complexity index is 2860. The third kappa shape index (κ3) is 6.46. The lowest BCUT2D eigenvalue weighted by atomic mass is 9.88. The minimum absolute atomic E-state index is 1.09. The fourth-order valence-corrected chi connectivity index (χ4v) is 8.40. The number of nitrogens with zero attached hydrogens (tertiary/aromatic N) is 1. The smallest absolute Gasteiger partial charge is 0.0540 e. The van der Waals surface area contributed by atoms with Crippen LogP contribution < -0.4 is 4.90 Å². The van der Waals surface area contributed by atoms with E-state index in [1.165, 1.54) is 71.6 Å². The van der Waals surface area contributed by atoms with Crippen molar-refractivity contribution in [3.63, 3.8) is 0 Å². The van der Waals surface area contributed by atoms with Crippen molar-refractivity contribution in [3.8, 4) is 55.6 Å². The van der Waals surface area contributed by atoms with Crippen LogP contribution in [0.15, 0.2) is 237 Å². The van der Waals surface area contributed by atoms with Crippen LogP contribution in [0.4, 0.5) is 17.1 Å². The summed E-state index contributed by atoms with van der Waals surface area (Å²) in [7, 11) is 0. The van der Waals surface area contributed by atoms with Crippen molar-refractivity contribution in [2.45, 2.75) is 0 Å². The number of anilines is 3. The summed E-state index contributed by atoms with van der Waals surface area (Å²) in [6.45, 7) is 0. The predicted octanol–water partition coefficient (Wildman–Crippen LogP) is 15.8.